The van der Waals surface area contributed by atoms with E-state index in [0.717, 1.165) is 30.0 Å². The Hall–Kier alpha value is -3.84. The number of carbonyl (C=O) groups is 1. The Morgan fingerprint density at radius 3 is 2.50 bits per heavy atom. The molecule has 3 aromatic rings. The van der Waals surface area contributed by atoms with Gasteiger partial charge in [-0.15, -0.1) is 0 Å². The van der Waals surface area contributed by atoms with Crippen LogP contribution in [0.25, 0.3) is 16.6 Å². The van der Waals surface area contributed by atoms with Crippen LogP contribution < -0.4 is 4.74 Å². The zero-order valence-corrected chi connectivity index (χ0v) is 26.9. The highest BCUT2D eigenvalue weighted by atomic mass is 28.3. The minimum Gasteiger partial charge on any atom is -0.450 e. The molecule has 44 heavy (non-hydrogen) atoms. The number of aromatic nitrogens is 2. The van der Waals surface area contributed by atoms with Gasteiger partial charge in [0, 0.05) is 38.7 Å². The predicted octanol–water partition coefficient (Wildman–Crippen LogP) is 7.88. The molecule has 1 amide bonds. The number of fused-ring (bicyclic) bond motifs is 3. The van der Waals surface area contributed by atoms with E-state index in [2.05, 4.69) is 24.6 Å². The number of hydrogen-bond acceptors (Lipinski definition) is 7. The third-order valence-corrected chi connectivity index (χ3v) is 9.40. The molecule has 2 atom stereocenters. The molecule has 236 valence electrons. The number of amides is 1. The summed E-state index contributed by atoms with van der Waals surface area (Å²) in [6, 6.07) is 3.49. The van der Waals surface area contributed by atoms with Gasteiger partial charge in [0.1, 0.15) is 23.7 Å². The van der Waals surface area contributed by atoms with Gasteiger partial charge in [0.2, 0.25) is 0 Å². The van der Waals surface area contributed by atoms with Crippen LogP contribution in [-0.2, 0) is 16.2 Å². The van der Waals surface area contributed by atoms with Gasteiger partial charge in [-0.1, -0.05) is 25.7 Å². The number of nitrogens with zero attached hydrogens (tertiary/aromatic N) is 4. The summed E-state index contributed by atoms with van der Waals surface area (Å²) in [4.78, 5) is 29.6. The fourth-order valence-corrected chi connectivity index (χ4v) is 6.40. The zero-order valence-electron chi connectivity index (χ0n) is 25.9. The SMILES string of the molecule is CC(C)(C)OC(=O)N1C2C=C(c3cn(COCC[Si](C)(C)C)c4nccc(Oc5c(F)cc([N+](=O)[O-])cc5F)c34)CC1CC2. The fourth-order valence-electron chi connectivity index (χ4n) is 5.64. The van der Waals surface area contributed by atoms with E-state index in [1.807, 2.05) is 37.6 Å². The van der Waals surface area contributed by atoms with Crippen molar-refractivity contribution in [1.29, 1.82) is 0 Å². The first-order valence-electron chi connectivity index (χ1n) is 14.7. The molecule has 0 spiro atoms. The summed E-state index contributed by atoms with van der Waals surface area (Å²) in [5, 5.41) is 11.6. The summed E-state index contributed by atoms with van der Waals surface area (Å²) in [6.45, 7) is 13.1. The van der Waals surface area contributed by atoms with Crippen LogP contribution in [-0.4, -0.2) is 57.8 Å². The van der Waals surface area contributed by atoms with Crippen molar-refractivity contribution in [2.45, 2.75) is 90.1 Å². The number of benzene rings is 1. The molecule has 1 saturated heterocycles. The largest absolute Gasteiger partial charge is 0.450 e. The maximum Gasteiger partial charge on any atom is 0.411 e. The molecule has 2 aliphatic rings. The number of carbonyl (C=O) groups excluding carboxylic acids is 1. The Balaban J connectivity index is 1.55. The number of hydrogen-bond donors (Lipinski definition) is 0. The molecule has 1 aromatic carbocycles. The van der Waals surface area contributed by atoms with Gasteiger partial charge in [0.05, 0.1) is 28.5 Å². The van der Waals surface area contributed by atoms with Crippen LogP contribution in [0.3, 0.4) is 0 Å². The Labute approximate surface area is 255 Å². The third-order valence-electron chi connectivity index (χ3n) is 7.70. The number of nitro groups is 1. The summed E-state index contributed by atoms with van der Waals surface area (Å²) >= 11 is 0. The van der Waals surface area contributed by atoms with Crippen LogP contribution in [0.1, 0.15) is 45.6 Å². The molecule has 2 aliphatic heterocycles. The average molecular weight is 629 g/mol. The first-order valence-corrected chi connectivity index (χ1v) is 18.4. The van der Waals surface area contributed by atoms with E-state index in [1.54, 1.807) is 4.90 Å². The lowest BCUT2D eigenvalue weighted by Gasteiger charge is -2.35. The molecule has 2 aromatic heterocycles. The minimum atomic E-state index is -1.32. The molecule has 0 N–H and O–H groups in total. The number of halogens is 2. The van der Waals surface area contributed by atoms with Gasteiger partial charge in [-0.3, -0.25) is 15.0 Å². The molecule has 5 rings (SSSR count). The third kappa shape index (κ3) is 6.78. The van der Waals surface area contributed by atoms with Gasteiger partial charge >= 0.3 is 6.09 Å². The Morgan fingerprint density at radius 1 is 1.18 bits per heavy atom. The van der Waals surface area contributed by atoms with Crippen molar-refractivity contribution in [3.8, 4) is 11.5 Å². The number of non-ortho nitro benzene ring substituents is 1. The molecule has 0 saturated carbocycles. The fraction of sp³-hybridized carbons (Fsp3) is 0.484. The van der Waals surface area contributed by atoms with Gasteiger partial charge < -0.3 is 18.8 Å². The molecule has 2 unspecified atom stereocenters. The summed E-state index contributed by atoms with van der Waals surface area (Å²) in [5.41, 5.74) is 0.859. The molecule has 13 heteroatoms. The minimum absolute atomic E-state index is 0.0770. The molecule has 2 bridgehead atoms. The van der Waals surface area contributed by atoms with Gasteiger partial charge in [0.15, 0.2) is 17.4 Å². The maximum atomic E-state index is 14.9. The van der Waals surface area contributed by atoms with E-state index in [1.165, 1.54) is 12.3 Å². The highest BCUT2D eigenvalue weighted by Crippen LogP contribution is 2.44. The van der Waals surface area contributed by atoms with E-state index in [4.69, 9.17) is 14.2 Å². The van der Waals surface area contributed by atoms with Crippen molar-refractivity contribution in [3.05, 3.63) is 64.0 Å². The lowest BCUT2D eigenvalue weighted by Crippen LogP contribution is -2.45. The molecule has 4 heterocycles. The molecule has 1 fully saturated rings. The van der Waals surface area contributed by atoms with Crippen molar-refractivity contribution < 1.29 is 32.7 Å². The molecular weight excluding hydrogens is 590 g/mol. The smallest absolute Gasteiger partial charge is 0.411 e. The Morgan fingerprint density at radius 2 is 1.89 bits per heavy atom. The van der Waals surface area contributed by atoms with Crippen LogP contribution in [0, 0.1) is 21.7 Å². The standard InChI is InChI=1S/C31H38F2N4O6Si/c1-31(2,3)43-30(38)36-20-7-8-21(36)14-19(13-20)23-17-35(18-41-11-12-44(4,5)6)29-27(23)26(9-10-34-29)42-28-24(32)15-22(37(39)40)16-25(28)33/h9-10,13,15-17,20-21H,7-8,11-12,14,18H2,1-6H3. The highest BCUT2D eigenvalue weighted by Gasteiger charge is 2.42. The Bertz CT molecular complexity index is 1600. The van der Waals surface area contributed by atoms with E-state index in [-0.39, 0.29) is 30.7 Å². The van der Waals surface area contributed by atoms with Crippen molar-refractivity contribution in [2.75, 3.05) is 6.61 Å². The summed E-state index contributed by atoms with van der Waals surface area (Å²) in [5.74, 6) is -3.00. The lowest BCUT2D eigenvalue weighted by molar-refractivity contribution is -0.385. The average Bonchev–Trinajstić information content (AvgIpc) is 3.42. The number of ether oxygens (including phenoxy) is 3. The summed E-state index contributed by atoms with van der Waals surface area (Å²) in [6.07, 6.45) is 7.20. The lowest BCUT2D eigenvalue weighted by atomic mass is 9.95. The van der Waals surface area contributed by atoms with E-state index < -0.39 is 41.7 Å². The Kier molecular flexibility index (Phi) is 8.55. The van der Waals surface area contributed by atoms with Gasteiger partial charge in [-0.25, -0.2) is 18.6 Å². The van der Waals surface area contributed by atoms with E-state index in [9.17, 15) is 23.7 Å². The quantitative estimate of drug-likeness (QED) is 0.103. The normalized spacial score (nSPS) is 18.5. The van der Waals surface area contributed by atoms with Crippen molar-refractivity contribution in [2.24, 2.45) is 0 Å². The van der Waals surface area contributed by atoms with Crippen LogP contribution in [0.2, 0.25) is 25.7 Å². The predicted molar refractivity (Wildman–Crippen MR) is 164 cm³/mol. The number of nitro benzene ring substituents is 1. The zero-order chi connectivity index (χ0) is 32.0. The van der Waals surface area contributed by atoms with Crippen LogP contribution in [0.4, 0.5) is 19.3 Å². The molecule has 10 nitrogen and oxygen atoms in total. The van der Waals surface area contributed by atoms with E-state index in [0.29, 0.717) is 36.2 Å². The first-order chi connectivity index (χ1) is 20.6. The summed E-state index contributed by atoms with van der Waals surface area (Å²) < 4.78 is 49.2. The van der Waals surface area contributed by atoms with Gasteiger partial charge in [0.25, 0.3) is 5.69 Å². The summed E-state index contributed by atoms with van der Waals surface area (Å²) in [7, 11) is -1.32. The van der Waals surface area contributed by atoms with Crippen molar-refractivity contribution in [1.82, 2.24) is 14.5 Å². The van der Waals surface area contributed by atoms with Crippen LogP contribution in [0.15, 0.2) is 36.7 Å². The van der Waals surface area contributed by atoms with Gasteiger partial charge in [-0.2, -0.15) is 0 Å². The van der Waals surface area contributed by atoms with Crippen LogP contribution in [0.5, 0.6) is 11.5 Å². The monoisotopic (exact) mass is 628 g/mol. The number of rotatable bonds is 9. The molecule has 0 radical (unpaired) electrons. The topological polar surface area (TPSA) is 109 Å². The second-order valence-electron chi connectivity index (χ2n) is 13.5. The molecular formula is C31H38F2N4O6Si. The highest BCUT2D eigenvalue weighted by molar-refractivity contribution is 6.76. The van der Waals surface area contributed by atoms with Gasteiger partial charge in [-0.05, 0) is 57.7 Å². The van der Waals surface area contributed by atoms with E-state index >= 15 is 0 Å². The van der Waals surface area contributed by atoms with Crippen LogP contribution >= 0.6 is 0 Å². The number of pyridine rings is 1. The second-order valence-corrected chi connectivity index (χ2v) is 19.2. The molecule has 0 aliphatic carbocycles. The second kappa shape index (κ2) is 11.9. The maximum absolute atomic E-state index is 14.9. The van der Waals surface area contributed by atoms with Crippen molar-refractivity contribution in [3.63, 3.8) is 0 Å². The first kappa shape index (κ1) is 31.6. The van der Waals surface area contributed by atoms with Crippen molar-refractivity contribution >= 4 is 36.5 Å².